The number of rotatable bonds is 3. The Balaban J connectivity index is 1.78. The summed E-state index contributed by atoms with van der Waals surface area (Å²) >= 11 is 1.22. The van der Waals surface area contributed by atoms with Gasteiger partial charge in [-0.2, -0.15) is 0 Å². The molecule has 4 heterocycles. The van der Waals surface area contributed by atoms with Gasteiger partial charge in [0.05, 0.1) is 29.0 Å². The molecule has 0 saturated carbocycles. The quantitative estimate of drug-likeness (QED) is 0.493. The lowest BCUT2D eigenvalue weighted by molar-refractivity contribution is -0.172. The maximum atomic E-state index is 13.3. The standard InChI is InChI=1S/C23H20N2O5S/c1-3-23(29)17-8-19-20-14(9-25(19)21(27)15(17)10-30-22(23)28)16(11-31-12(2)26)13-6-4-5-7-18(13)24-20/h4-8,29H,3,9-11H2,1-2H3/t23-/m0/s1. The van der Waals surface area contributed by atoms with Crippen LogP contribution in [-0.2, 0) is 38.8 Å². The maximum Gasteiger partial charge on any atom is 0.343 e. The second kappa shape index (κ2) is 7.03. The molecule has 8 heteroatoms. The van der Waals surface area contributed by atoms with E-state index in [0.717, 1.165) is 22.0 Å². The van der Waals surface area contributed by atoms with E-state index in [1.54, 1.807) is 17.6 Å². The first-order valence-electron chi connectivity index (χ1n) is 10.1. The number of cyclic esters (lactones) is 1. The van der Waals surface area contributed by atoms with Gasteiger partial charge < -0.3 is 14.4 Å². The van der Waals surface area contributed by atoms with Crippen LogP contribution in [0.1, 0.15) is 42.5 Å². The number of carbonyl (C=O) groups is 2. The third kappa shape index (κ3) is 2.85. The summed E-state index contributed by atoms with van der Waals surface area (Å²) in [5, 5.41) is 12.0. The Morgan fingerprint density at radius 1 is 1.29 bits per heavy atom. The number of carbonyl (C=O) groups excluding carboxylic acids is 2. The number of benzene rings is 1. The highest BCUT2D eigenvalue weighted by molar-refractivity contribution is 8.12. The van der Waals surface area contributed by atoms with E-state index in [4.69, 9.17) is 9.72 Å². The summed E-state index contributed by atoms with van der Waals surface area (Å²) in [6, 6.07) is 9.39. The summed E-state index contributed by atoms with van der Waals surface area (Å²) in [4.78, 5) is 42.1. The van der Waals surface area contributed by atoms with Crippen molar-refractivity contribution in [1.82, 2.24) is 9.55 Å². The van der Waals surface area contributed by atoms with Crippen molar-refractivity contribution in [2.24, 2.45) is 0 Å². The van der Waals surface area contributed by atoms with Crippen molar-refractivity contribution in [1.29, 1.82) is 0 Å². The minimum atomic E-state index is -1.85. The molecule has 5 rings (SSSR count). The Kier molecular flexibility index (Phi) is 4.53. The van der Waals surface area contributed by atoms with Gasteiger partial charge in [-0.1, -0.05) is 36.9 Å². The minimum absolute atomic E-state index is 0.0152. The molecule has 158 valence electrons. The summed E-state index contributed by atoms with van der Waals surface area (Å²) in [6.07, 6.45) is 0.0975. The molecular formula is C23H20N2O5S. The normalized spacial score (nSPS) is 19.0. The van der Waals surface area contributed by atoms with Gasteiger partial charge in [-0.05, 0) is 24.1 Å². The minimum Gasteiger partial charge on any atom is -0.458 e. The Hall–Kier alpha value is -2.97. The van der Waals surface area contributed by atoms with Crippen LogP contribution in [0.15, 0.2) is 35.1 Å². The maximum absolute atomic E-state index is 13.3. The van der Waals surface area contributed by atoms with Crippen LogP contribution >= 0.6 is 11.8 Å². The van der Waals surface area contributed by atoms with Crippen molar-refractivity contribution in [3.05, 3.63) is 62.9 Å². The van der Waals surface area contributed by atoms with Crippen LogP contribution in [0.5, 0.6) is 0 Å². The molecule has 2 aliphatic heterocycles. The largest absolute Gasteiger partial charge is 0.458 e. The zero-order valence-corrected chi connectivity index (χ0v) is 17.9. The van der Waals surface area contributed by atoms with Crippen LogP contribution in [0.4, 0.5) is 0 Å². The molecule has 2 aromatic heterocycles. The lowest BCUT2D eigenvalue weighted by Gasteiger charge is -2.31. The smallest absolute Gasteiger partial charge is 0.343 e. The number of nitrogens with zero attached hydrogens (tertiary/aromatic N) is 2. The number of aliphatic hydroxyl groups is 1. The molecule has 0 radical (unpaired) electrons. The zero-order valence-electron chi connectivity index (χ0n) is 17.1. The van der Waals surface area contributed by atoms with E-state index in [1.807, 2.05) is 24.3 Å². The Morgan fingerprint density at radius 2 is 2.06 bits per heavy atom. The lowest BCUT2D eigenvalue weighted by atomic mass is 9.86. The summed E-state index contributed by atoms with van der Waals surface area (Å²) in [5.74, 6) is -0.265. The summed E-state index contributed by atoms with van der Waals surface area (Å²) < 4.78 is 6.74. The van der Waals surface area contributed by atoms with Crippen LogP contribution in [0, 0.1) is 0 Å². The van der Waals surface area contributed by atoms with Gasteiger partial charge in [0.2, 0.25) is 0 Å². The third-order valence-electron chi connectivity index (χ3n) is 6.13. The van der Waals surface area contributed by atoms with Crippen LogP contribution in [-0.4, -0.2) is 25.7 Å². The SMILES string of the molecule is CC[C@@]1(O)C(=O)OCc2c1cc1n(c2=O)Cc2c-1nc1ccccc1c2CSC(C)=O. The molecule has 1 atom stereocenters. The van der Waals surface area contributed by atoms with Crippen LogP contribution < -0.4 is 5.56 Å². The van der Waals surface area contributed by atoms with Gasteiger partial charge in [-0.15, -0.1) is 0 Å². The van der Waals surface area contributed by atoms with Crippen molar-refractivity contribution in [2.45, 2.75) is 44.8 Å². The molecule has 0 fully saturated rings. The average Bonchev–Trinajstić information content (AvgIpc) is 3.13. The molecule has 0 bridgehead atoms. The molecule has 0 unspecified atom stereocenters. The van der Waals surface area contributed by atoms with Crippen molar-refractivity contribution in [2.75, 3.05) is 0 Å². The number of hydrogen-bond donors (Lipinski definition) is 1. The van der Waals surface area contributed by atoms with E-state index in [9.17, 15) is 19.5 Å². The van der Waals surface area contributed by atoms with E-state index >= 15 is 0 Å². The fourth-order valence-electron chi connectivity index (χ4n) is 4.45. The van der Waals surface area contributed by atoms with Gasteiger partial charge in [0, 0.05) is 29.2 Å². The molecule has 0 spiro atoms. The summed E-state index contributed by atoms with van der Waals surface area (Å²) in [5.41, 5.74) is 2.29. The number of fused-ring (bicyclic) bond motifs is 5. The molecule has 0 aliphatic carbocycles. The molecule has 31 heavy (non-hydrogen) atoms. The number of para-hydroxylation sites is 1. The highest BCUT2D eigenvalue weighted by atomic mass is 32.2. The Bertz CT molecular complexity index is 1350. The van der Waals surface area contributed by atoms with Gasteiger partial charge in [0.15, 0.2) is 10.7 Å². The van der Waals surface area contributed by atoms with Crippen LogP contribution in [0.3, 0.4) is 0 Å². The van der Waals surface area contributed by atoms with Gasteiger partial charge >= 0.3 is 5.97 Å². The van der Waals surface area contributed by atoms with E-state index < -0.39 is 11.6 Å². The third-order valence-corrected chi connectivity index (χ3v) is 6.97. The second-order valence-electron chi connectivity index (χ2n) is 7.82. The molecule has 3 aromatic rings. The fourth-order valence-corrected chi connectivity index (χ4v) is 5.13. The van der Waals surface area contributed by atoms with Crippen molar-refractivity contribution >= 4 is 33.7 Å². The molecule has 2 aliphatic rings. The Labute approximate surface area is 182 Å². The molecule has 0 saturated heterocycles. The van der Waals surface area contributed by atoms with Crippen LogP contribution in [0.25, 0.3) is 22.3 Å². The van der Waals surface area contributed by atoms with E-state index in [-0.39, 0.29) is 23.7 Å². The number of esters is 1. The molecule has 7 nitrogen and oxygen atoms in total. The van der Waals surface area contributed by atoms with E-state index in [0.29, 0.717) is 34.8 Å². The predicted octanol–water partition coefficient (Wildman–Crippen LogP) is 2.86. The van der Waals surface area contributed by atoms with Gasteiger partial charge in [0.25, 0.3) is 5.56 Å². The van der Waals surface area contributed by atoms with Crippen molar-refractivity contribution in [3.8, 4) is 11.4 Å². The van der Waals surface area contributed by atoms with E-state index in [2.05, 4.69) is 0 Å². The zero-order chi connectivity index (χ0) is 21.9. The van der Waals surface area contributed by atoms with Gasteiger partial charge in [0.1, 0.15) is 6.61 Å². The van der Waals surface area contributed by atoms with Gasteiger partial charge in [-0.3, -0.25) is 9.59 Å². The average molecular weight is 436 g/mol. The number of ether oxygens (including phenoxy) is 1. The number of pyridine rings is 2. The highest BCUT2D eigenvalue weighted by Crippen LogP contribution is 2.40. The first kappa shape index (κ1) is 20.0. The van der Waals surface area contributed by atoms with Crippen molar-refractivity contribution < 1.29 is 19.4 Å². The Morgan fingerprint density at radius 3 is 2.81 bits per heavy atom. The van der Waals surface area contributed by atoms with Gasteiger partial charge in [-0.25, -0.2) is 9.78 Å². The molecule has 1 aromatic carbocycles. The van der Waals surface area contributed by atoms with Crippen molar-refractivity contribution in [3.63, 3.8) is 0 Å². The highest BCUT2D eigenvalue weighted by Gasteiger charge is 2.45. The number of thioether (sulfide) groups is 1. The topological polar surface area (TPSA) is 98.5 Å². The molecule has 0 amide bonds. The first-order chi connectivity index (χ1) is 14.8. The lowest BCUT2D eigenvalue weighted by Crippen LogP contribution is -2.44. The first-order valence-corrected chi connectivity index (χ1v) is 11.0. The molecule has 1 N–H and O–H groups in total. The summed E-state index contributed by atoms with van der Waals surface area (Å²) in [6.45, 7) is 3.37. The number of aromatic nitrogens is 2. The second-order valence-corrected chi connectivity index (χ2v) is 8.97. The number of hydrogen-bond acceptors (Lipinski definition) is 7. The molecular weight excluding hydrogens is 416 g/mol. The fraction of sp³-hybridized carbons (Fsp3) is 0.304. The van der Waals surface area contributed by atoms with Crippen LogP contribution in [0.2, 0.25) is 0 Å². The monoisotopic (exact) mass is 436 g/mol. The summed E-state index contributed by atoms with van der Waals surface area (Å²) in [7, 11) is 0. The predicted molar refractivity (Wildman–Crippen MR) is 117 cm³/mol. The van der Waals surface area contributed by atoms with E-state index in [1.165, 1.54) is 18.7 Å².